The fourth-order valence-electron chi connectivity index (χ4n) is 0.821. The van der Waals surface area contributed by atoms with Crippen LogP contribution in [-0.2, 0) is 4.74 Å². The summed E-state index contributed by atoms with van der Waals surface area (Å²) in [5.74, 6) is 0.501. The lowest BCUT2D eigenvalue weighted by molar-refractivity contribution is 0.0505. The first kappa shape index (κ1) is 6.39. The van der Waals surface area contributed by atoms with Crippen molar-refractivity contribution in [3.05, 3.63) is 0 Å². The number of rotatable bonds is 2. The molecule has 0 amide bonds. The minimum Gasteiger partial charge on any atom is -0.450 e. The Balaban J connectivity index is 2.17. The second-order valence-corrected chi connectivity index (χ2v) is 2.43. The third-order valence-electron chi connectivity index (χ3n) is 1.57. The van der Waals surface area contributed by atoms with Gasteiger partial charge in [-0.25, -0.2) is 4.79 Å². The van der Waals surface area contributed by atoms with Gasteiger partial charge in [-0.3, -0.25) is 0 Å². The fraction of sp³-hybridized carbons (Fsp3) is 0.833. The van der Waals surface area contributed by atoms with Crippen LogP contribution in [0, 0.1) is 5.92 Å². The molecule has 0 aliphatic heterocycles. The normalized spacial score (nSPS) is 21.0. The van der Waals surface area contributed by atoms with Gasteiger partial charge >= 0.3 is 6.16 Å². The summed E-state index contributed by atoms with van der Waals surface area (Å²) in [5.41, 5.74) is 0. The molecule has 0 radical (unpaired) electrons. The SMILES string of the molecule is CC(OC(=O)O)C1CC1. The van der Waals surface area contributed by atoms with Crippen LogP contribution in [0.15, 0.2) is 0 Å². The Morgan fingerprint density at radius 2 is 2.33 bits per heavy atom. The van der Waals surface area contributed by atoms with Crippen LogP contribution in [0.1, 0.15) is 19.8 Å². The molecule has 3 nitrogen and oxygen atoms in total. The van der Waals surface area contributed by atoms with E-state index in [1.807, 2.05) is 0 Å². The highest BCUT2D eigenvalue weighted by molar-refractivity contribution is 5.57. The zero-order valence-electron chi connectivity index (χ0n) is 5.33. The van der Waals surface area contributed by atoms with Gasteiger partial charge < -0.3 is 9.84 Å². The van der Waals surface area contributed by atoms with Crippen LogP contribution in [0.2, 0.25) is 0 Å². The molecular weight excluding hydrogens is 120 g/mol. The molecule has 1 N–H and O–H groups in total. The molecule has 0 saturated heterocycles. The van der Waals surface area contributed by atoms with Gasteiger partial charge in [0.05, 0.1) is 0 Å². The molecule has 3 heteroatoms. The van der Waals surface area contributed by atoms with Gasteiger partial charge in [0.2, 0.25) is 0 Å². The van der Waals surface area contributed by atoms with Crippen molar-refractivity contribution < 1.29 is 14.6 Å². The summed E-state index contributed by atoms with van der Waals surface area (Å²) in [6, 6.07) is 0. The molecule has 0 aromatic carbocycles. The molecule has 1 saturated carbocycles. The zero-order valence-corrected chi connectivity index (χ0v) is 5.33. The van der Waals surface area contributed by atoms with E-state index >= 15 is 0 Å². The minimum absolute atomic E-state index is 0.0949. The summed E-state index contributed by atoms with van der Waals surface area (Å²) in [5, 5.41) is 8.14. The summed E-state index contributed by atoms with van der Waals surface area (Å²) < 4.78 is 4.49. The Labute approximate surface area is 53.6 Å². The van der Waals surface area contributed by atoms with E-state index in [9.17, 15) is 4.79 Å². The highest BCUT2D eigenvalue weighted by Crippen LogP contribution is 2.33. The summed E-state index contributed by atoms with van der Waals surface area (Å²) in [4.78, 5) is 9.92. The lowest BCUT2D eigenvalue weighted by atomic mass is 10.3. The van der Waals surface area contributed by atoms with Crippen LogP contribution in [0.4, 0.5) is 4.79 Å². The third kappa shape index (κ3) is 1.91. The van der Waals surface area contributed by atoms with Crippen LogP contribution in [-0.4, -0.2) is 17.4 Å². The van der Waals surface area contributed by atoms with Gasteiger partial charge in [-0.15, -0.1) is 0 Å². The molecule has 0 bridgehead atoms. The smallest absolute Gasteiger partial charge is 0.450 e. The van der Waals surface area contributed by atoms with Gasteiger partial charge in [0, 0.05) is 0 Å². The highest BCUT2D eigenvalue weighted by atomic mass is 16.7. The predicted octanol–water partition coefficient (Wildman–Crippen LogP) is 1.48. The molecular formula is C6H10O3. The maximum Gasteiger partial charge on any atom is 0.506 e. The molecule has 1 unspecified atom stereocenters. The topological polar surface area (TPSA) is 46.5 Å². The van der Waals surface area contributed by atoms with Gasteiger partial charge in [0.1, 0.15) is 6.10 Å². The lowest BCUT2D eigenvalue weighted by Crippen LogP contribution is -2.14. The van der Waals surface area contributed by atoms with Crippen LogP contribution >= 0.6 is 0 Å². The molecule has 0 aromatic heterocycles. The van der Waals surface area contributed by atoms with Crippen LogP contribution in [0.25, 0.3) is 0 Å². The number of hydrogen-bond acceptors (Lipinski definition) is 2. The average Bonchev–Trinajstić information content (AvgIpc) is 2.40. The fourth-order valence-corrected chi connectivity index (χ4v) is 0.821. The molecule has 0 heterocycles. The van der Waals surface area contributed by atoms with Crippen molar-refractivity contribution in [2.24, 2.45) is 5.92 Å². The Morgan fingerprint density at radius 1 is 1.78 bits per heavy atom. The molecule has 52 valence electrons. The van der Waals surface area contributed by atoms with E-state index in [2.05, 4.69) is 4.74 Å². The van der Waals surface area contributed by atoms with Crippen molar-refractivity contribution in [3.63, 3.8) is 0 Å². The van der Waals surface area contributed by atoms with Crippen LogP contribution in [0.3, 0.4) is 0 Å². The van der Waals surface area contributed by atoms with Crippen molar-refractivity contribution in [1.82, 2.24) is 0 Å². The molecule has 1 fully saturated rings. The van der Waals surface area contributed by atoms with Crippen molar-refractivity contribution in [3.8, 4) is 0 Å². The maximum absolute atomic E-state index is 9.92. The van der Waals surface area contributed by atoms with E-state index in [1.54, 1.807) is 6.92 Å². The van der Waals surface area contributed by atoms with Crippen molar-refractivity contribution in [2.45, 2.75) is 25.9 Å². The van der Waals surface area contributed by atoms with Gasteiger partial charge in [-0.1, -0.05) is 0 Å². The molecule has 0 aromatic rings. The van der Waals surface area contributed by atoms with Gasteiger partial charge in [-0.2, -0.15) is 0 Å². The van der Waals surface area contributed by atoms with E-state index in [1.165, 1.54) is 0 Å². The molecule has 1 aliphatic carbocycles. The molecule has 1 aliphatic rings. The standard InChI is InChI=1S/C6H10O3/c1-4(5-2-3-5)9-6(7)8/h4-5H,2-3H2,1H3,(H,7,8). The Bertz CT molecular complexity index is 117. The third-order valence-corrected chi connectivity index (χ3v) is 1.57. The summed E-state index contributed by atoms with van der Waals surface area (Å²) >= 11 is 0. The summed E-state index contributed by atoms with van der Waals surface area (Å²) in [7, 11) is 0. The average molecular weight is 130 g/mol. The zero-order chi connectivity index (χ0) is 6.85. The highest BCUT2D eigenvalue weighted by Gasteiger charge is 2.30. The first-order valence-electron chi connectivity index (χ1n) is 3.09. The van der Waals surface area contributed by atoms with Crippen molar-refractivity contribution >= 4 is 6.16 Å². The quantitative estimate of drug-likeness (QED) is 0.576. The summed E-state index contributed by atoms with van der Waals surface area (Å²) in [6.45, 7) is 1.80. The van der Waals surface area contributed by atoms with Crippen LogP contribution in [0.5, 0.6) is 0 Å². The van der Waals surface area contributed by atoms with Crippen molar-refractivity contribution in [2.75, 3.05) is 0 Å². The molecule has 1 atom stereocenters. The number of carboxylic acid groups (broad SMARTS) is 1. The Kier molecular flexibility index (Phi) is 1.60. The first-order chi connectivity index (χ1) is 4.20. The lowest BCUT2D eigenvalue weighted by Gasteiger charge is -2.06. The number of hydrogen-bond donors (Lipinski definition) is 1. The predicted molar refractivity (Wildman–Crippen MR) is 31.3 cm³/mol. The molecule has 0 spiro atoms. The second kappa shape index (κ2) is 2.25. The first-order valence-corrected chi connectivity index (χ1v) is 3.09. The largest absolute Gasteiger partial charge is 0.506 e. The van der Waals surface area contributed by atoms with E-state index in [4.69, 9.17) is 5.11 Å². The number of ether oxygens (including phenoxy) is 1. The Hall–Kier alpha value is -0.730. The van der Waals surface area contributed by atoms with E-state index in [-0.39, 0.29) is 6.10 Å². The second-order valence-electron chi connectivity index (χ2n) is 2.43. The Morgan fingerprint density at radius 3 is 2.67 bits per heavy atom. The van der Waals surface area contributed by atoms with E-state index < -0.39 is 6.16 Å². The summed E-state index contributed by atoms with van der Waals surface area (Å²) in [6.07, 6.45) is 0.986. The van der Waals surface area contributed by atoms with Gasteiger partial charge in [0.25, 0.3) is 0 Å². The van der Waals surface area contributed by atoms with E-state index in [0.29, 0.717) is 5.92 Å². The number of carbonyl (C=O) groups is 1. The monoisotopic (exact) mass is 130 g/mol. The van der Waals surface area contributed by atoms with Gasteiger partial charge in [0.15, 0.2) is 0 Å². The molecule has 1 rings (SSSR count). The van der Waals surface area contributed by atoms with Crippen molar-refractivity contribution in [1.29, 1.82) is 0 Å². The molecule has 9 heavy (non-hydrogen) atoms. The van der Waals surface area contributed by atoms with Crippen LogP contribution < -0.4 is 0 Å². The van der Waals surface area contributed by atoms with Gasteiger partial charge in [-0.05, 0) is 25.7 Å². The van der Waals surface area contributed by atoms with E-state index in [0.717, 1.165) is 12.8 Å². The minimum atomic E-state index is -1.16. The maximum atomic E-state index is 9.92.